The molecular formula is C9H12ClNO. The van der Waals surface area contributed by atoms with E-state index in [0.29, 0.717) is 18.0 Å². The molecule has 2 nitrogen and oxygen atoms in total. The van der Waals surface area contributed by atoms with E-state index in [1.807, 2.05) is 18.2 Å². The maximum atomic E-state index is 9.54. The Morgan fingerprint density at radius 2 is 2.08 bits per heavy atom. The van der Waals surface area contributed by atoms with Crippen molar-refractivity contribution in [3.8, 4) is 0 Å². The maximum Gasteiger partial charge on any atom is 0.0816 e. The monoisotopic (exact) mass is 185 g/mol. The molecule has 12 heavy (non-hydrogen) atoms. The number of nitrogens with two attached hydrogens (primary N) is 1. The molecule has 0 spiro atoms. The molecule has 0 saturated heterocycles. The van der Waals surface area contributed by atoms with Gasteiger partial charge in [0.25, 0.3) is 0 Å². The van der Waals surface area contributed by atoms with Crippen molar-refractivity contribution in [3.63, 3.8) is 0 Å². The molecule has 0 radical (unpaired) electrons. The molecule has 0 fully saturated rings. The summed E-state index contributed by atoms with van der Waals surface area (Å²) in [6.07, 6.45) is 0.00713. The number of aliphatic hydroxyl groups is 1. The maximum absolute atomic E-state index is 9.54. The third-order valence-electron chi connectivity index (χ3n) is 1.70. The predicted octanol–water partition coefficient (Wildman–Crippen LogP) is 1.72. The molecule has 0 unspecified atom stereocenters. The van der Waals surface area contributed by atoms with E-state index in [1.54, 1.807) is 6.07 Å². The molecule has 0 heterocycles. The summed E-state index contributed by atoms with van der Waals surface area (Å²) >= 11 is 5.85. The molecule has 1 aromatic rings. The third kappa shape index (κ3) is 2.21. The first-order valence-electron chi connectivity index (χ1n) is 3.88. The average molecular weight is 186 g/mol. The largest absolute Gasteiger partial charge is 0.388 e. The molecule has 66 valence electrons. The summed E-state index contributed by atoms with van der Waals surface area (Å²) in [6, 6.07) is 7.25. The van der Waals surface area contributed by atoms with Gasteiger partial charge in [-0.05, 0) is 24.6 Å². The van der Waals surface area contributed by atoms with E-state index >= 15 is 0 Å². The zero-order valence-corrected chi connectivity index (χ0v) is 7.46. The van der Waals surface area contributed by atoms with Crippen LogP contribution < -0.4 is 5.73 Å². The first-order valence-corrected chi connectivity index (χ1v) is 4.26. The number of hydrogen-bond donors (Lipinski definition) is 2. The molecule has 1 atom stereocenters. The van der Waals surface area contributed by atoms with Crippen molar-refractivity contribution in [2.24, 2.45) is 5.73 Å². The highest BCUT2D eigenvalue weighted by molar-refractivity contribution is 6.31. The third-order valence-corrected chi connectivity index (χ3v) is 2.05. The second-order valence-electron chi connectivity index (χ2n) is 2.61. The number of halogens is 1. The van der Waals surface area contributed by atoms with Crippen LogP contribution in [-0.2, 0) is 0 Å². The van der Waals surface area contributed by atoms with Gasteiger partial charge in [0.05, 0.1) is 6.10 Å². The molecule has 1 rings (SSSR count). The van der Waals surface area contributed by atoms with Gasteiger partial charge in [0.2, 0.25) is 0 Å². The summed E-state index contributed by atoms with van der Waals surface area (Å²) < 4.78 is 0. The van der Waals surface area contributed by atoms with Crippen LogP contribution in [0.1, 0.15) is 18.1 Å². The smallest absolute Gasteiger partial charge is 0.0816 e. The lowest BCUT2D eigenvalue weighted by Gasteiger charge is -2.10. The molecular weight excluding hydrogens is 174 g/mol. The molecule has 0 saturated carbocycles. The molecule has 1 aromatic carbocycles. The molecule has 3 N–H and O–H groups in total. The number of hydrogen-bond acceptors (Lipinski definition) is 2. The predicted molar refractivity (Wildman–Crippen MR) is 50.1 cm³/mol. The topological polar surface area (TPSA) is 46.2 Å². The molecule has 0 amide bonds. The first-order chi connectivity index (χ1) is 5.75. The second-order valence-corrected chi connectivity index (χ2v) is 3.02. The lowest BCUT2D eigenvalue weighted by atomic mass is 10.1. The van der Waals surface area contributed by atoms with Crippen LogP contribution in [-0.4, -0.2) is 11.7 Å². The average Bonchev–Trinajstić information content (AvgIpc) is 2.05. The lowest BCUT2D eigenvalue weighted by Crippen LogP contribution is -2.06. The Kier molecular flexibility index (Phi) is 3.53. The van der Waals surface area contributed by atoms with Gasteiger partial charge in [-0.25, -0.2) is 0 Å². The van der Waals surface area contributed by atoms with Gasteiger partial charge in [-0.3, -0.25) is 0 Å². The highest BCUT2D eigenvalue weighted by Gasteiger charge is 2.08. The fraction of sp³-hybridized carbons (Fsp3) is 0.333. The minimum Gasteiger partial charge on any atom is -0.388 e. The fourth-order valence-corrected chi connectivity index (χ4v) is 1.32. The van der Waals surface area contributed by atoms with Crippen LogP contribution in [0.4, 0.5) is 0 Å². The Morgan fingerprint density at radius 1 is 1.42 bits per heavy atom. The van der Waals surface area contributed by atoms with E-state index in [4.69, 9.17) is 17.3 Å². The van der Waals surface area contributed by atoms with E-state index in [2.05, 4.69) is 0 Å². The fourth-order valence-electron chi connectivity index (χ4n) is 1.06. The highest BCUT2D eigenvalue weighted by atomic mass is 35.5. The minimum atomic E-state index is -0.538. The molecule has 0 bridgehead atoms. The van der Waals surface area contributed by atoms with Crippen LogP contribution in [0.3, 0.4) is 0 Å². The Morgan fingerprint density at radius 3 is 2.67 bits per heavy atom. The standard InChI is InChI=1S/C9H12ClNO/c10-8-4-2-1-3-7(8)9(12)5-6-11/h1-4,9,12H,5-6,11H2/t9-/m1/s1. The van der Waals surface area contributed by atoms with E-state index < -0.39 is 6.10 Å². The van der Waals surface area contributed by atoms with Crippen molar-refractivity contribution in [1.82, 2.24) is 0 Å². The van der Waals surface area contributed by atoms with Gasteiger partial charge in [-0.1, -0.05) is 29.8 Å². The lowest BCUT2D eigenvalue weighted by molar-refractivity contribution is 0.170. The van der Waals surface area contributed by atoms with Gasteiger partial charge in [-0.15, -0.1) is 0 Å². The summed E-state index contributed by atoms with van der Waals surface area (Å²) in [5, 5.41) is 10.1. The van der Waals surface area contributed by atoms with Crippen molar-refractivity contribution in [2.45, 2.75) is 12.5 Å². The van der Waals surface area contributed by atoms with Crippen LogP contribution in [0.2, 0.25) is 5.02 Å². The van der Waals surface area contributed by atoms with Gasteiger partial charge < -0.3 is 10.8 Å². The Hall–Kier alpha value is -0.570. The van der Waals surface area contributed by atoms with Gasteiger partial charge >= 0.3 is 0 Å². The minimum absolute atomic E-state index is 0.465. The summed E-state index contributed by atoms with van der Waals surface area (Å²) in [5.41, 5.74) is 6.07. The van der Waals surface area contributed by atoms with Crippen molar-refractivity contribution in [1.29, 1.82) is 0 Å². The van der Waals surface area contributed by atoms with Crippen molar-refractivity contribution in [2.75, 3.05) is 6.54 Å². The molecule has 0 aliphatic carbocycles. The Labute approximate surface area is 77.0 Å². The van der Waals surface area contributed by atoms with Gasteiger partial charge in [0.1, 0.15) is 0 Å². The van der Waals surface area contributed by atoms with Gasteiger partial charge in [0.15, 0.2) is 0 Å². The number of rotatable bonds is 3. The molecule has 3 heteroatoms. The summed E-state index contributed by atoms with van der Waals surface area (Å²) in [6.45, 7) is 0.465. The van der Waals surface area contributed by atoms with E-state index in [-0.39, 0.29) is 0 Å². The number of aliphatic hydroxyl groups excluding tert-OH is 1. The van der Waals surface area contributed by atoms with Crippen LogP contribution in [0, 0.1) is 0 Å². The van der Waals surface area contributed by atoms with E-state index in [1.165, 1.54) is 0 Å². The van der Waals surface area contributed by atoms with Crippen LogP contribution in [0.15, 0.2) is 24.3 Å². The Bertz CT molecular complexity index is 252. The molecule has 0 aliphatic rings. The van der Waals surface area contributed by atoms with Crippen molar-refractivity contribution < 1.29 is 5.11 Å². The summed E-state index contributed by atoms with van der Waals surface area (Å²) in [5.74, 6) is 0. The zero-order chi connectivity index (χ0) is 8.97. The molecule has 0 aliphatic heterocycles. The van der Waals surface area contributed by atoms with Crippen LogP contribution in [0.25, 0.3) is 0 Å². The quantitative estimate of drug-likeness (QED) is 0.754. The summed E-state index contributed by atoms with van der Waals surface area (Å²) in [7, 11) is 0. The van der Waals surface area contributed by atoms with Crippen LogP contribution >= 0.6 is 11.6 Å². The highest BCUT2D eigenvalue weighted by Crippen LogP contribution is 2.23. The first kappa shape index (κ1) is 9.52. The number of benzene rings is 1. The second kappa shape index (κ2) is 4.45. The van der Waals surface area contributed by atoms with Crippen LogP contribution in [0.5, 0.6) is 0 Å². The van der Waals surface area contributed by atoms with E-state index in [0.717, 1.165) is 5.56 Å². The van der Waals surface area contributed by atoms with E-state index in [9.17, 15) is 5.11 Å². The Balaban J connectivity index is 2.79. The van der Waals surface area contributed by atoms with Gasteiger partial charge in [0, 0.05) is 5.02 Å². The zero-order valence-electron chi connectivity index (χ0n) is 6.70. The molecule has 0 aromatic heterocycles. The van der Waals surface area contributed by atoms with Gasteiger partial charge in [-0.2, -0.15) is 0 Å². The SMILES string of the molecule is NCC[C@@H](O)c1ccccc1Cl. The normalized spacial score (nSPS) is 12.9. The summed E-state index contributed by atoms with van der Waals surface area (Å²) in [4.78, 5) is 0. The van der Waals surface area contributed by atoms with Crippen molar-refractivity contribution >= 4 is 11.6 Å². The van der Waals surface area contributed by atoms with Crippen molar-refractivity contribution in [3.05, 3.63) is 34.9 Å².